The Balaban J connectivity index is 3.04. The van der Waals surface area contributed by atoms with Crippen molar-refractivity contribution in [2.45, 2.75) is 26.2 Å². The number of rotatable bonds is 4. The second-order valence-electron chi connectivity index (χ2n) is 1.93. The lowest BCUT2D eigenvalue weighted by Crippen LogP contribution is -1.64. The second kappa shape index (κ2) is 7.28. The average molecular weight is 124 g/mol. The number of allylic oxidation sites excluding steroid dienone is 3. The Labute approximate surface area is 57.3 Å². The molecule has 0 unspecified atom stereocenters. The van der Waals surface area contributed by atoms with Gasteiger partial charge in [-0.15, -0.1) is 0 Å². The van der Waals surface area contributed by atoms with Crippen LogP contribution in [0.4, 0.5) is 0 Å². The van der Waals surface area contributed by atoms with Gasteiger partial charge in [-0.1, -0.05) is 31.9 Å². The van der Waals surface area contributed by atoms with Gasteiger partial charge in [0, 0.05) is 6.20 Å². The van der Waals surface area contributed by atoms with Crippen LogP contribution in [0.1, 0.15) is 26.2 Å². The maximum Gasteiger partial charge on any atom is 0.0177 e. The zero-order valence-corrected chi connectivity index (χ0v) is 5.93. The molecule has 0 fully saturated rings. The second-order valence-corrected chi connectivity index (χ2v) is 1.93. The molecule has 1 heteroatoms. The van der Waals surface area contributed by atoms with Crippen LogP contribution < -0.4 is 5.73 Å². The van der Waals surface area contributed by atoms with Gasteiger partial charge in [0.2, 0.25) is 0 Å². The molecule has 0 aliphatic carbocycles. The summed E-state index contributed by atoms with van der Waals surface area (Å²) in [5, 5.41) is 0. The third-order valence-electron chi connectivity index (χ3n) is 1.07. The highest BCUT2D eigenvalue weighted by molar-refractivity contribution is 4.99. The standard InChI is InChI=1S/C8H14N/c1-2-3-4-5-6-7-8-9/h5-9H,2-4H2,1H3/b6-5+,8-7+. The number of hydrogen-bond acceptors (Lipinski definition) is 0. The van der Waals surface area contributed by atoms with Gasteiger partial charge in [-0.2, -0.15) is 0 Å². The third kappa shape index (κ3) is 7.28. The van der Waals surface area contributed by atoms with E-state index in [0.29, 0.717) is 0 Å². The molecule has 0 spiro atoms. The van der Waals surface area contributed by atoms with E-state index < -0.39 is 0 Å². The number of unbranched alkanes of at least 4 members (excludes halogenated alkanes) is 2. The maximum absolute atomic E-state index is 6.65. The molecular formula is C8H14N. The molecule has 1 nitrogen and oxygen atoms in total. The van der Waals surface area contributed by atoms with Crippen molar-refractivity contribution in [2.75, 3.05) is 0 Å². The van der Waals surface area contributed by atoms with E-state index in [2.05, 4.69) is 13.0 Å². The molecule has 0 bridgehead atoms. The van der Waals surface area contributed by atoms with Crippen molar-refractivity contribution < 1.29 is 0 Å². The van der Waals surface area contributed by atoms with E-state index in [9.17, 15) is 0 Å². The summed E-state index contributed by atoms with van der Waals surface area (Å²) in [5.74, 6) is 0. The molecule has 0 aliphatic heterocycles. The smallest absolute Gasteiger partial charge is 0.0177 e. The van der Waals surface area contributed by atoms with E-state index in [1.54, 1.807) is 6.08 Å². The van der Waals surface area contributed by atoms with Crippen LogP contribution in [0.5, 0.6) is 0 Å². The SMILES string of the molecule is CCCC/C=C/C=C/[NH]. The van der Waals surface area contributed by atoms with Crippen LogP contribution in [-0.4, -0.2) is 0 Å². The Hall–Kier alpha value is -0.720. The Morgan fingerprint density at radius 2 is 2.11 bits per heavy atom. The Kier molecular flexibility index (Phi) is 6.70. The van der Waals surface area contributed by atoms with Crippen LogP contribution in [0.2, 0.25) is 0 Å². The normalized spacial score (nSPS) is 11.7. The predicted octanol–water partition coefficient (Wildman–Crippen LogP) is 2.53. The molecular weight excluding hydrogens is 110 g/mol. The topological polar surface area (TPSA) is 23.8 Å². The molecule has 1 N–H and O–H groups in total. The van der Waals surface area contributed by atoms with Crippen LogP contribution >= 0.6 is 0 Å². The van der Waals surface area contributed by atoms with E-state index in [0.717, 1.165) is 6.42 Å². The van der Waals surface area contributed by atoms with Gasteiger partial charge in [0.05, 0.1) is 0 Å². The van der Waals surface area contributed by atoms with E-state index >= 15 is 0 Å². The summed E-state index contributed by atoms with van der Waals surface area (Å²) in [5.41, 5.74) is 6.65. The molecule has 0 saturated carbocycles. The first kappa shape index (κ1) is 8.28. The van der Waals surface area contributed by atoms with Crippen molar-refractivity contribution in [2.24, 2.45) is 0 Å². The number of nitrogens with one attached hydrogen (secondary N) is 1. The summed E-state index contributed by atoms with van der Waals surface area (Å²) in [6.45, 7) is 2.17. The third-order valence-corrected chi connectivity index (χ3v) is 1.07. The molecule has 0 aromatic carbocycles. The maximum atomic E-state index is 6.65. The largest absolute Gasteiger partial charge is 0.309 e. The van der Waals surface area contributed by atoms with E-state index in [-0.39, 0.29) is 0 Å². The zero-order valence-electron chi connectivity index (χ0n) is 5.93. The van der Waals surface area contributed by atoms with Crippen molar-refractivity contribution in [1.29, 1.82) is 0 Å². The zero-order chi connectivity index (χ0) is 6.95. The fourth-order valence-electron chi connectivity index (χ4n) is 0.552. The Morgan fingerprint density at radius 3 is 2.67 bits per heavy atom. The summed E-state index contributed by atoms with van der Waals surface area (Å²) >= 11 is 0. The molecule has 51 valence electrons. The molecule has 1 radical (unpaired) electrons. The van der Waals surface area contributed by atoms with Crippen LogP contribution in [0.15, 0.2) is 24.4 Å². The molecule has 0 atom stereocenters. The quantitative estimate of drug-likeness (QED) is 0.406. The van der Waals surface area contributed by atoms with Crippen molar-refractivity contribution in [3.05, 3.63) is 24.4 Å². The molecule has 0 saturated heterocycles. The summed E-state index contributed by atoms with van der Waals surface area (Å²) in [6.07, 6.45) is 10.7. The highest BCUT2D eigenvalue weighted by Gasteiger charge is 1.74. The van der Waals surface area contributed by atoms with Gasteiger partial charge in [-0.05, 0) is 12.5 Å². The van der Waals surface area contributed by atoms with E-state index in [4.69, 9.17) is 5.73 Å². The van der Waals surface area contributed by atoms with Crippen LogP contribution in [0.3, 0.4) is 0 Å². The first-order valence-electron chi connectivity index (χ1n) is 3.40. The predicted molar refractivity (Wildman–Crippen MR) is 40.9 cm³/mol. The van der Waals surface area contributed by atoms with Gasteiger partial charge in [0.25, 0.3) is 0 Å². The first-order chi connectivity index (χ1) is 4.41. The Bertz CT molecular complexity index is 92.7. The van der Waals surface area contributed by atoms with Crippen LogP contribution in [0, 0.1) is 0 Å². The van der Waals surface area contributed by atoms with Crippen LogP contribution in [0.25, 0.3) is 0 Å². The van der Waals surface area contributed by atoms with Gasteiger partial charge < -0.3 is 5.73 Å². The number of hydrogen-bond donors (Lipinski definition) is 0. The van der Waals surface area contributed by atoms with Crippen molar-refractivity contribution >= 4 is 0 Å². The van der Waals surface area contributed by atoms with Gasteiger partial charge in [0.15, 0.2) is 0 Å². The summed E-state index contributed by atoms with van der Waals surface area (Å²) < 4.78 is 0. The van der Waals surface area contributed by atoms with Gasteiger partial charge in [-0.25, -0.2) is 0 Å². The lowest BCUT2D eigenvalue weighted by atomic mass is 10.2. The fraction of sp³-hybridized carbons (Fsp3) is 0.500. The minimum atomic E-state index is 1.14. The van der Waals surface area contributed by atoms with Crippen molar-refractivity contribution in [3.63, 3.8) is 0 Å². The van der Waals surface area contributed by atoms with Gasteiger partial charge in [-0.3, -0.25) is 0 Å². The van der Waals surface area contributed by atoms with Gasteiger partial charge >= 0.3 is 0 Å². The molecule has 0 aromatic rings. The minimum Gasteiger partial charge on any atom is -0.309 e. The van der Waals surface area contributed by atoms with E-state index in [1.807, 2.05) is 6.08 Å². The molecule has 9 heavy (non-hydrogen) atoms. The molecule has 0 heterocycles. The van der Waals surface area contributed by atoms with Crippen LogP contribution in [-0.2, 0) is 0 Å². The highest BCUT2D eigenvalue weighted by Crippen LogP contribution is 1.94. The van der Waals surface area contributed by atoms with Crippen molar-refractivity contribution in [1.82, 2.24) is 5.73 Å². The summed E-state index contributed by atoms with van der Waals surface area (Å²) in [6, 6.07) is 0. The average Bonchev–Trinajstić information content (AvgIpc) is 1.89. The summed E-state index contributed by atoms with van der Waals surface area (Å²) in [7, 11) is 0. The van der Waals surface area contributed by atoms with Crippen molar-refractivity contribution in [3.8, 4) is 0 Å². The molecule has 0 amide bonds. The lowest BCUT2D eigenvalue weighted by Gasteiger charge is -1.84. The molecule has 0 rings (SSSR count). The first-order valence-corrected chi connectivity index (χ1v) is 3.40. The molecule has 0 aromatic heterocycles. The Morgan fingerprint density at radius 1 is 1.33 bits per heavy atom. The fourth-order valence-corrected chi connectivity index (χ4v) is 0.552. The van der Waals surface area contributed by atoms with Gasteiger partial charge in [0.1, 0.15) is 0 Å². The monoisotopic (exact) mass is 124 g/mol. The molecule has 0 aliphatic rings. The highest BCUT2D eigenvalue weighted by atomic mass is 14.5. The minimum absolute atomic E-state index is 1.14. The lowest BCUT2D eigenvalue weighted by molar-refractivity contribution is 0.815. The van der Waals surface area contributed by atoms with E-state index in [1.165, 1.54) is 19.0 Å². The summed E-state index contributed by atoms with van der Waals surface area (Å²) in [4.78, 5) is 0.